The van der Waals surface area contributed by atoms with Crippen molar-refractivity contribution < 1.29 is 13.5 Å². The molecule has 0 aliphatic carbocycles. The van der Waals surface area contributed by atoms with E-state index in [4.69, 9.17) is 5.73 Å². The lowest BCUT2D eigenvalue weighted by atomic mass is 10.3. The van der Waals surface area contributed by atoms with E-state index in [1.165, 1.54) is 7.11 Å². The van der Waals surface area contributed by atoms with E-state index in [-0.39, 0.29) is 19.5 Å². The van der Waals surface area contributed by atoms with E-state index in [0.717, 1.165) is 0 Å². The van der Waals surface area contributed by atoms with E-state index in [0.29, 0.717) is 0 Å². The highest BCUT2D eigenvalue weighted by Crippen LogP contribution is 2.37. The lowest BCUT2D eigenvalue weighted by Crippen LogP contribution is -2.02. The van der Waals surface area contributed by atoms with Gasteiger partial charge in [-0.05, 0) is 38.5 Å². The molecule has 0 heterocycles. The molecule has 0 fully saturated rings. The van der Waals surface area contributed by atoms with Gasteiger partial charge in [-0.1, -0.05) is 0 Å². The molecule has 0 saturated heterocycles. The maximum atomic E-state index is 13.3. The second-order valence-corrected chi connectivity index (χ2v) is 4.07. The molecule has 2 nitrogen and oxygen atoms in total. The number of nitrogen functional groups attached to an aromatic ring is 1. The second kappa shape index (κ2) is 3.95. The van der Waals surface area contributed by atoms with Gasteiger partial charge in [-0.25, -0.2) is 8.78 Å². The Hall–Kier alpha value is -0.110. The molecule has 0 aliphatic heterocycles. The topological polar surface area (TPSA) is 35.2 Å². The van der Waals surface area contributed by atoms with Crippen LogP contribution in [-0.2, 0) is 0 Å². The first kappa shape index (κ1) is 11.0. The van der Waals surface area contributed by atoms with Crippen LogP contribution < -0.4 is 10.5 Å². The van der Waals surface area contributed by atoms with Gasteiger partial charge in [-0.2, -0.15) is 0 Å². The normalized spacial score (nSPS) is 10.2. The average Bonchev–Trinajstić information content (AvgIpc) is 2.13. The summed E-state index contributed by atoms with van der Waals surface area (Å²) in [5.41, 5.74) is 5.08. The zero-order chi connectivity index (χ0) is 10.2. The van der Waals surface area contributed by atoms with Crippen molar-refractivity contribution in [1.82, 2.24) is 0 Å². The predicted octanol–water partition coefficient (Wildman–Crippen LogP) is 2.92. The Morgan fingerprint density at radius 2 is 1.92 bits per heavy atom. The van der Waals surface area contributed by atoms with E-state index in [1.807, 2.05) is 0 Å². The molecule has 6 heteroatoms. The molecule has 1 aromatic carbocycles. The van der Waals surface area contributed by atoms with Gasteiger partial charge in [0.1, 0.15) is 4.47 Å². The molecule has 0 spiro atoms. The summed E-state index contributed by atoms with van der Waals surface area (Å²) in [6.45, 7) is 0. The van der Waals surface area contributed by atoms with Crippen LogP contribution in [0.1, 0.15) is 0 Å². The summed E-state index contributed by atoms with van der Waals surface area (Å²) < 4.78 is 31.1. The fourth-order valence-corrected chi connectivity index (χ4v) is 1.84. The maximum Gasteiger partial charge on any atom is 0.181 e. The highest BCUT2D eigenvalue weighted by molar-refractivity contribution is 14.1. The summed E-state index contributed by atoms with van der Waals surface area (Å²) in [5.74, 6) is -1.53. The first-order valence-electron chi connectivity index (χ1n) is 3.16. The SMILES string of the molecule is COc1c(F)c(I)c(N)c(F)c1Br. The molecule has 0 aromatic heterocycles. The van der Waals surface area contributed by atoms with Crippen LogP contribution in [-0.4, -0.2) is 7.11 Å². The zero-order valence-electron chi connectivity index (χ0n) is 6.50. The molecule has 0 radical (unpaired) electrons. The maximum absolute atomic E-state index is 13.3. The van der Waals surface area contributed by atoms with Crippen LogP contribution in [0.3, 0.4) is 0 Å². The third-order valence-electron chi connectivity index (χ3n) is 1.46. The summed E-state index contributed by atoms with van der Waals surface area (Å²) in [6.07, 6.45) is 0. The van der Waals surface area contributed by atoms with E-state index in [1.54, 1.807) is 22.6 Å². The number of rotatable bonds is 1. The van der Waals surface area contributed by atoms with E-state index in [2.05, 4.69) is 20.7 Å². The van der Waals surface area contributed by atoms with Gasteiger partial charge in [-0.15, -0.1) is 0 Å². The Balaban J connectivity index is 3.56. The van der Waals surface area contributed by atoms with E-state index in [9.17, 15) is 8.78 Å². The van der Waals surface area contributed by atoms with Crippen molar-refractivity contribution in [3.05, 3.63) is 19.7 Å². The van der Waals surface area contributed by atoms with Crippen LogP contribution in [0.15, 0.2) is 4.47 Å². The van der Waals surface area contributed by atoms with Crippen molar-refractivity contribution in [2.75, 3.05) is 12.8 Å². The lowest BCUT2D eigenvalue weighted by molar-refractivity contribution is 0.378. The summed E-state index contributed by atoms with van der Waals surface area (Å²) in [5, 5.41) is 0. The van der Waals surface area contributed by atoms with Gasteiger partial charge in [0.25, 0.3) is 0 Å². The van der Waals surface area contributed by atoms with E-state index < -0.39 is 11.6 Å². The lowest BCUT2D eigenvalue weighted by Gasteiger charge is -2.09. The van der Waals surface area contributed by atoms with Crippen molar-refractivity contribution in [2.24, 2.45) is 0 Å². The van der Waals surface area contributed by atoms with Crippen molar-refractivity contribution >= 4 is 44.2 Å². The number of anilines is 1. The van der Waals surface area contributed by atoms with Crippen molar-refractivity contribution in [1.29, 1.82) is 0 Å². The number of ether oxygens (including phenoxy) is 1. The quantitative estimate of drug-likeness (QED) is 0.473. The Morgan fingerprint density at radius 3 is 2.38 bits per heavy atom. The molecule has 2 N–H and O–H groups in total. The summed E-state index contributed by atoms with van der Waals surface area (Å²) in [4.78, 5) is 0. The van der Waals surface area contributed by atoms with Crippen molar-refractivity contribution in [3.63, 3.8) is 0 Å². The van der Waals surface area contributed by atoms with Crippen LogP contribution in [0, 0.1) is 15.2 Å². The van der Waals surface area contributed by atoms with Crippen LogP contribution in [0.2, 0.25) is 0 Å². The van der Waals surface area contributed by atoms with Crippen molar-refractivity contribution in [3.8, 4) is 5.75 Å². The summed E-state index contributed by atoms with van der Waals surface area (Å²) in [6, 6.07) is 0. The Morgan fingerprint density at radius 1 is 1.38 bits per heavy atom. The molecule has 0 unspecified atom stereocenters. The molecule has 0 aliphatic rings. The Kier molecular flexibility index (Phi) is 3.33. The van der Waals surface area contributed by atoms with Gasteiger partial charge in [0, 0.05) is 0 Å². The van der Waals surface area contributed by atoms with Crippen LogP contribution >= 0.6 is 38.5 Å². The van der Waals surface area contributed by atoms with Gasteiger partial charge in [-0.3, -0.25) is 0 Å². The van der Waals surface area contributed by atoms with Gasteiger partial charge in [0.05, 0.1) is 16.4 Å². The number of benzene rings is 1. The van der Waals surface area contributed by atoms with Gasteiger partial charge in [0.15, 0.2) is 17.4 Å². The number of nitrogens with two attached hydrogens (primary N) is 1. The number of methoxy groups -OCH3 is 1. The molecular weight excluding hydrogens is 359 g/mol. The molecule has 1 rings (SSSR count). The summed E-state index contributed by atoms with van der Waals surface area (Å²) in [7, 11) is 1.26. The number of hydrogen-bond acceptors (Lipinski definition) is 2. The van der Waals surface area contributed by atoms with Gasteiger partial charge in [0.2, 0.25) is 0 Å². The molecule has 72 valence electrons. The monoisotopic (exact) mass is 363 g/mol. The minimum atomic E-state index is -0.706. The molecule has 0 amide bonds. The Labute approximate surface area is 95.7 Å². The molecule has 1 aromatic rings. The zero-order valence-corrected chi connectivity index (χ0v) is 10.2. The first-order chi connectivity index (χ1) is 6.00. The summed E-state index contributed by atoms with van der Waals surface area (Å²) >= 11 is 4.47. The molecule has 0 bridgehead atoms. The third-order valence-corrected chi connectivity index (χ3v) is 3.22. The minimum Gasteiger partial charge on any atom is -0.492 e. The fraction of sp³-hybridized carbons (Fsp3) is 0.143. The molecular formula is C7H5BrF2INO. The largest absolute Gasteiger partial charge is 0.492 e. The highest BCUT2D eigenvalue weighted by Gasteiger charge is 2.20. The second-order valence-electron chi connectivity index (χ2n) is 2.20. The van der Waals surface area contributed by atoms with Crippen LogP contribution in [0.25, 0.3) is 0 Å². The number of hydrogen-bond donors (Lipinski definition) is 1. The predicted molar refractivity (Wildman–Crippen MR) is 57.7 cm³/mol. The molecule has 0 saturated carbocycles. The third kappa shape index (κ3) is 1.74. The van der Waals surface area contributed by atoms with E-state index >= 15 is 0 Å². The average molecular weight is 364 g/mol. The Bertz CT molecular complexity index is 330. The molecule has 0 atom stereocenters. The van der Waals surface area contributed by atoms with Crippen LogP contribution in [0.5, 0.6) is 5.75 Å². The first-order valence-corrected chi connectivity index (χ1v) is 5.03. The smallest absolute Gasteiger partial charge is 0.181 e. The van der Waals surface area contributed by atoms with Crippen LogP contribution in [0.4, 0.5) is 14.5 Å². The van der Waals surface area contributed by atoms with Crippen molar-refractivity contribution in [2.45, 2.75) is 0 Å². The van der Waals surface area contributed by atoms with Gasteiger partial charge >= 0.3 is 0 Å². The molecule has 13 heavy (non-hydrogen) atoms. The minimum absolute atomic E-state index is 0.0233. The highest BCUT2D eigenvalue weighted by atomic mass is 127. The fourth-order valence-electron chi connectivity index (χ4n) is 0.808. The standard InChI is InChI=1S/C7H5BrF2INO/c1-13-7-2(8)3(9)6(12)5(11)4(7)10/h12H2,1H3. The number of halogens is 4. The van der Waals surface area contributed by atoms with Gasteiger partial charge < -0.3 is 10.5 Å².